The van der Waals surface area contributed by atoms with Gasteiger partial charge in [-0.15, -0.1) is 11.3 Å². The number of aromatic nitrogens is 4. The molecular weight excluding hydrogens is 641 g/mol. The highest BCUT2D eigenvalue weighted by molar-refractivity contribution is 7.26. The van der Waals surface area contributed by atoms with E-state index in [0.717, 1.165) is 44.9 Å². The predicted molar refractivity (Wildman–Crippen MR) is 214 cm³/mol. The minimum absolute atomic E-state index is 0.698. The van der Waals surface area contributed by atoms with Crippen molar-refractivity contribution in [1.82, 2.24) is 19.1 Å². The van der Waals surface area contributed by atoms with Gasteiger partial charge in [0, 0.05) is 64.6 Å². The van der Waals surface area contributed by atoms with Crippen LogP contribution in [0.25, 0.3) is 97.9 Å². The van der Waals surface area contributed by atoms with Gasteiger partial charge in [-0.25, -0.2) is 9.97 Å². The summed E-state index contributed by atoms with van der Waals surface area (Å²) in [7, 11) is 0. The molecule has 0 radical (unpaired) electrons. The van der Waals surface area contributed by atoms with Crippen molar-refractivity contribution in [3.05, 3.63) is 170 Å². The standard InChI is InChI=1S/C46H28N4S/c1-4-14-29(15-5-1)36-27-43(48-46(47-36)30-16-6-2-7-17-30)50-37-22-12-10-20-32(37)34-26-35-40(28-39(34)50)49(31-18-8-3-9-19-31)38-24-25-42-45(44(35)38)33-21-11-13-23-41(33)51-42/h1-28H. The van der Waals surface area contributed by atoms with Gasteiger partial charge < -0.3 is 4.57 Å². The van der Waals surface area contributed by atoms with Gasteiger partial charge in [-0.05, 0) is 48.5 Å². The van der Waals surface area contributed by atoms with Crippen molar-refractivity contribution in [2.24, 2.45) is 0 Å². The van der Waals surface area contributed by atoms with Gasteiger partial charge in [-0.1, -0.05) is 115 Å². The van der Waals surface area contributed by atoms with Crippen molar-refractivity contribution in [2.75, 3.05) is 0 Å². The lowest BCUT2D eigenvalue weighted by Gasteiger charge is -2.12. The maximum atomic E-state index is 5.29. The molecule has 51 heavy (non-hydrogen) atoms. The van der Waals surface area contributed by atoms with E-state index in [-0.39, 0.29) is 0 Å². The van der Waals surface area contributed by atoms with Crippen molar-refractivity contribution in [1.29, 1.82) is 0 Å². The molecule has 0 bridgehead atoms. The molecule has 0 spiro atoms. The summed E-state index contributed by atoms with van der Waals surface area (Å²) in [6.07, 6.45) is 0. The summed E-state index contributed by atoms with van der Waals surface area (Å²) in [5, 5.41) is 7.56. The molecule has 0 N–H and O–H groups in total. The highest BCUT2D eigenvalue weighted by atomic mass is 32.1. The van der Waals surface area contributed by atoms with E-state index in [1.807, 2.05) is 35.6 Å². The van der Waals surface area contributed by atoms with Gasteiger partial charge >= 0.3 is 0 Å². The molecule has 4 nitrogen and oxygen atoms in total. The monoisotopic (exact) mass is 668 g/mol. The molecule has 11 rings (SSSR count). The lowest BCUT2D eigenvalue weighted by atomic mass is 10.0. The van der Waals surface area contributed by atoms with Gasteiger partial charge in [-0.3, -0.25) is 4.57 Å². The molecule has 238 valence electrons. The smallest absolute Gasteiger partial charge is 0.162 e. The first-order valence-electron chi connectivity index (χ1n) is 17.2. The maximum Gasteiger partial charge on any atom is 0.162 e. The highest BCUT2D eigenvalue weighted by Gasteiger charge is 2.22. The number of rotatable bonds is 4. The van der Waals surface area contributed by atoms with Crippen LogP contribution in [0.1, 0.15) is 0 Å². The summed E-state index contributed by atoms with van der Waals surface area (Å²) < 4.78 is 7.38. The third kappa shape index (κ3) is 4.25. The first-order chi connectivity index (χ1) is 25.3. The Bertz CT molecular complexity index is 3060. The molecule has 0 aliphatic heterocycles. The third-order valence-electron chi connectivity index (χ3n) is 10.1. The van der Waals surface area contributed by atoms with Crippen molar-refractivity contribution in [3.8, 4) is 34.2 Å². The van der Waals surface area contributed by atoms with E-state index in [2.05, 4.69) is 155 Å². The zero-order valence-electron chi connectivity index (χ0n) is 27.4. The fourth-order valence-corrected chi connectivity index (χ4v) is 9.02. The van der Waals surface area contributed by atoms with Crippen molar-refractivity contribution >= 4 is 75.1 Å². The summed E-state index contributed by atoms with van der Waals surface area (Å²) in [5.41, 5.74) is 8.64. The number of hydrogen-bond acceptors (Lipinski definition) is 3. The van der Waals surface area contributed by atoms with Crippen molar-refractivity contribution < 1.29 is 0 Å². The summed E-state index contributed by atoms with van der Waals surface area (Å²) in [4.78, 5) is 10.4. The minimum atomic E-state index is 0.698. The number of nitrogens with zero attached hydrogens (tertiary/aromatic N) is 4. The number of thiophene rings is 1. The van der Waals surface area contributed by atoms with Crippen LogP contribution in [0.15, 0.2) is 170 Å². The average Bonchev–Trinajstić information content (AvgIpc) is 3.85. The molecule has 0 aliphatic rings. The summed E-state index contributed by atoms with van der Waals surface area (Å²) in [5.74, 6) is 1.53. The zero-order chi connectivity index (χ0) is 33.5. The van der Waals surface area contributed by atoms with Crippen LogP contribution in [0, 0.1) is 0 Å². The van der Waals surface area contributed by atoms with E-state index in [0.29, 0.717) is 5.82 Å². The molecule has 0 saturated carbocycles. The van der Waals surface area contributed by atoms with E-state index in [4.69, 9.17) is 9.97 Å². The fraction of sp³-hybridized carbons (Fsp3) is 0. The molecule has 0 unspecified atom stereocenters. The number of benzene rings is 7. The van der Waals surface area contributed by atoms with E-state index in [1.165, 1.54) is 47.2 Å². The van der Waals surface area contributed by atoms with Crippen LogP contribution in [0.5, 0.6) is 0 Å². The quantitative estimate of drug-likeness (QED) is 0.187. The van der Waals surface area contributed by atoms with Gasteiger partial charge in [-0.2, -0.15) is 0 Å². The van der Waals surface area contributed by atoms with E-state index < -0.39 is 0 Å². The van der Waals surface area contributed by atoms with Crippen LogP contribution in [0.4, 0.5) is 0 Å². The highest BCUT2D eigenvalue weighted by Crippen LogP contribution is 2.45. The summed E-state index contributed by atoms with van der Waals surface area (Å²) >= 11 is 1.87. The van der Waals surface area contributed by atoms with E-state index >= 15 is 0 Å². The lowest BCUT2D eigenvalue weighted by molar-refractivity contribution is 1.05. The second-order valence-corrected chi connectivity index (χ2v) is 14.1. The SMILES string of the molecule is c1ccc(-c2cc(-n3c4ccccc4c4cc5c6c7c(ccc6n(-c6ccccc6)c5cc43)sc3ccccc37)nc(-c3ccccc3)n2)cc1. The van der Waals surface area contributed by atoms with E-state index in [1.54, 1.807) is 0 Å². The third-order valence-corrected chi connectivity index (χ3v) is 11.3. The molecule has 4 heterocycles. The Morgan fingerprint density at radius 2 is 1.06 bits per heavy atom. The average molecular weight is 669 g/mol. The largest absolute Gasteiger partial charge is 0.309 e. The maximum absolute atomic E-state index is 5.29. The van der Waals surface area contributed by atoms with Crippen LogP contribution in [0.2, 0.25) is 0 Å². The Kier molecular flexibility index (Phi) is 6.09. The van der Waals surface area contributed by atoms with Crippen molar-refractivity contribution in [2.45, 2.75) is 0 Å². The molecule has 0 atom stereocenters. The Hall–Kier alpha value is -6.56. The number of para-hydroxylation sites is 2. The van der Waals surface area contributed by atoms with Gasteiger partial charge in [0.25, 0.3) is 0 Å². The number of fused-ring (bicyclic) bond motifs is 10. The molecular formula is C46H28N4S. The van der Waals surface area contributed by atoms with Gasteiger partial charge in [0.05, 0.1) is 27.8 Å². The van der Waals surface area contributed by atoms with Gasteiger partial charge in [0.1, 0.15) is 5.82 Å². The zero-order valence-corrected chi connectivity index (χ0v) is 28.2. The lowest BCUT2D eigenvalue weighted by Crippen LogP contribution is -2.02. The Labute approximate surface area is 297 Å². The first kappa shape index (κ1) is 28.3. The first-order valence-corrected chi connectivity index (χ1v) is 18.0. The molecule has 5 heteroatoms. The van der Waals surface area contributed by atoms with Gasteiger partial charge in [0.15, 0.2) is 5.82 Å². The summed E-state index contributed by atoms with van der Waals surface area (Å²) in [6.45, 7) is 0. The van der Waals surface area contributed by atoms with Gasteiger partial charge in [0.2, 0.25) is 0 Å². The molecule has 0 aliphatic carbocycles. The Morgan fingerprint density at radius 1 is 0.392 bits per heavy atom. The number of hydrogen-bond donors (Lipinski definition) is 0. The second kappa shape index (κ2) is 11.0. The normalized spacial score (nSPS) is 11.9. The van der Waals surface area contributed by atoms with Crippen LogP contribution in [0.3, 0.4) is 0 Å². The van der Waals surface area contributed by atoms with Crippen LogP contribution in [-0.4, -0.2) is 19.1 Å². The Morgan fingerprint density at radius 3 is 1.86 bits per heavy atom. The molecule has 7 aromatic carbocycles. The predicted octanol–water partition coefficient (Wildman–Crippen LogP) is 12.4. The fourth-order valence-electron chi connectivity index (χ4n) is 7.91. The Balaban J connectivity index is 1.30. The second-order valence-electron chi connectivity index (χ2n) is 13.0. The molecule has 0 amide bonds. The summed E-state index contributed by atoms with van der Waals surface area (Å²) in [6, 6.07) is 60.5. The minimum Gasteiger partial charge on any atom is -0.309 e. The molecule has 0 saturated heterocycles. The van der Waals surface area contributed by atoms with Crippen LogP contribution >= 0.6 is 11.3 Å². The molecule has 4 aromatic heterocycles. The van der Waals surface area contributed by atoms with Crippen molar-refractivity contribution in [3.63, 3.8) is 0 Å². The van der Waals surface area contributed by atoms with Crippen LogP contribution in [-0.2, 0) is 0 Å². The topological polar surface area (TPSA) is 35.6 Å². The molecule has 11 aromatic rings. The van der Waals surface area contributed by atoms with Crippen LogP contribution < -0.4 is 0 Å². The molecule has 0 fully saturated rings. The van der Waals surface area contributed by atoms with E-state index in [9.17, 15) is 0 Å².